The Balaban J connectivity index is 1.42. The van der Waals surface area contributed by atoms with Gasteiger partial charge < -0.3 is 15.5 Å². The maximum Gasteiger partial charge on any atom is 0.191 e. The van der Waals surface area contributed by atoms with Crippen LogP contribution in [0.3, 0.4) is 0 Å². The van der Waals surface area contributed by atoms with Crippen LogP contribution in [0.4, 0.5) is 5.69 Å². The summed E-state index contributed by atoms with van der Waals surface area (Å²) in [7, 11) is 0. The van der Waals surface area contributed by atoms with Gasteiger partial charge >= 0.3 is 0 Å². The van der Waals surface area contributed by atoms with Gasteiger partial charge in [0.05, 0.1) is 6.54 Å². The highest BCUT2D eigenvalue weighted by molar-refractivity contribution is 5.81. The Morgan fingerprint density at radius 3 is 2.65 bits per heavy atom. The summed E-state index contributed by atoms with van der Waals surface area (Å²) in [5.41, 5.74) is 1.36. The molecule has 4 heteroatoms. The minimum Gasteiger partial charge on any atom is -0.372 e. The van der Waals surface area contributed by atoms with Crippen LogP contribution in [0.5, 0.6) is 0 Å². The average molecular weight is 272 g/mol. The Hall–Kier alpha value is -1.71. The predicted molar refractivity (Wildman–Crippen MR) is 84.3 cm³/mol. The Bertz CT molecular complexity index is 449. The number of aliphatic imine (C=N–C) groups is 1. The fourth-order valence-corrected chi connectivity index (χ4v) is 2.93. The molecule has 2 aliphatic rings. The van der Waals surface area contributed by atoms with E-state index in [1.54, 1.807) is 0 Å². The highest BCUT2D eigenvalue weighted by Crippen LogP contribution is 2.22. The van der Waals surface area contributed by atoms with E-state index in [-0.39, 0.29) is 0 Å². The van der Waals surface area contributed by atoms with Crippen LogP contribution in [0.25, 0.3) is 0 Å². The highest BCUT2D eigenvalue weighted by Gasteiger charge is 2.20. The van der Waals surface area contributed by atoms with Crippen LogP contribution >= 0.6 is 0 Å². The van der Waals surface area contributed by atoms with Crippen LogP contribution in [0, 0.1) is 5.92 Å². The molecule has 0 bridgehead atoms. The zero-order chi connectivity index (χ0) is 13.8. The minimum absolute atomic E-state index is 0.484. The Kier molecular flexibility index (Phi) is 4.09. The van der Waals surface area contributed by atoms with E-state index >= 15 is 0 Å². The van der Waals surface area contributed by atoms with Crippen LogP contribution in [0.15, 0.2) is 35.3 Å². The van der Waals surface area contributed by atoms with Crippen molar-refractivity contribution < 1.29 is 0 Å². The summed E-state index contributed by atoms with van der Waals surface area (Å²) in [5.74, 6) is 1.75. The zero-order valence-corrected chi connectivity index (χ0v) is 12.2. The quantitative estimate of drug-likeness (QED) is 0.882. The molecule has 0 saturated carbocycles. The standard InChI is InChI=1S/C16H24N4/c1-13-11-17-16(19-13)18-12-14-7-9-20(10-8-14)15-5-3-2-4-6-15/h2-6,13-14H,7-12H2,1H3,(H2,17,18,19). The van der Waals surface area contributed by atoms with Gasteiger partial charge in [0.25, 0.3) is 0 Å². The lowest BCUT2D eigenvalue weighted by atomic mass is 9.96. The second-order valence-electron chi connectivity index (χ2n) is 5.88. The van der Waals surface area contributed by atoms with Crippen molar-refractivity contribution in [1.29, 1.82) is 0 Å². The second kappa shape index (κ2) is 6.16. The molecule has 2 aliphatic heterocycles. The highest BCUT2D eigenvalue weighted by atomic mass is 15.2. The first-order valence-corrected chi connectivity index (χ1v) is 7.66. The molecule has 0 amide bonds. The van der Waals surface area contributed by atoms with E-state index in [0.29, 0.717) is 6.04 Å². The van der Waals surface area contributed by atoms with Crippen molar-refractivity contribution in [2.24, 2.45) is 10.9 Å². The lowest BCUT2D eigenvalue weighted by molar-refractivity contribution is 0.401. The van der Waals surface area contributed by atoms with E-state index in [9.17, 15) is 0 Å². The third-order valence-corrected chi connectivity index (χ3v) is 4.20. The SMILES string of the molecule is CC1CN=C(NCC2CCN(c3ccccc3)CC2)N1. The predicted octanol–water partition coefficient (Wildman–Crippen LogP) is 1.84. The third kappa shape index (κ3) is 3.24. The number of para-hydroxylation sites is 1. The number of anilines is 1. The molecule has 2 heterocycles. The van der Waals surface area contributed by atoms with Crippen molar-refractivity contribution in [2.45, 2.75) is 25.8 Å². The molecule has 1 aromatic carbocycles. The van der Waals surface area contributed by atoms with Gasteiger partial charge in [-0.3, -0.25) is 4.99 Å². The third-order valence-electron chi connectivity index (χ3n) is 4.20. The van der Waals surface area contributed by atoms with Gasteiger partial charge in [-0.25, -0.2) is 0 Å². The molecule has 1 fully saturated rings. The van der Waals surface area contributed by atoms with Crippen molar-refractivity contribution in [2.75, 3.05) is 31.1 Å². The first-order chi connectivity index (χ1) is 9.81. The number of benzene rings is 1. The second-order valence-corrected chi connectivity index (χ2v) is 5.88. The van der Waals surface area contributed by atoms with E-state index in [4.69, 9.17) is 0 Å². The monoisotopic (exact) mass is 272 g/mol. The molecule has 20 heavy (non-hydrogen) atoms. The van der Waals surface area contributed by atoms with Gasteiger partial charge in [-0.15, -0.1) is 0 Å². The molecule has 108 valence electrons. The van der Waals surface area contributed by atoms with Gasteiger partial charge in [-0.1, -0.05) is 18.2 Å². The maximum atomic E-state index is 4.45. The van der Waals surface area contributed by atoms with Crippen molar-refractivity contribution in [3.63, 3.8) is 0 Å². The number of hydrogen-bond donors (Lipinski definition) is 2. The minimum atomic E-state index is 0.484. The van der Waals surface area contributed by atoms with Crippen molar-refractivity contribution >= 4 is 11.6 Å². The summed E-state index contributed by atoms with van der Waals surface area (Å²) in [4.78, 5) is 6.94. The maximum absolute atomic E-state index is 4.45. The summed E-state index contributed by atoms with van der Waals surface area (Å²) in [5, 5.41) is 6.81. The van der Waals surface area contributed by atoms with Crippen LogP contribution in [0.1, 0.15) is 19.8 Å². The van der Waals surface area contributed by atoms with Gasteiger partial charge in [-0.2, -0.15) is 0 Å². The number of rotatable bonds is 3. The molecule has 1 atom stereocenters. The smallest absolute Gasteiger partial charge is 0.191 e. The molecule has 0 spiro atoms. The fraction of sp³-hybridized carbons (Fsp3) is 0.562. The van der Waals surface area contributed by atoms with Gasteiger partial charge in [0.1, 0.15) is 0 Å². The molecular formula is C16H24N4. The largest absolute Gasteiger partial charge is 0.372 e. The number of guanidine groups is 1. The van der Waals surface area contributed by atoms with Crippen LogP contribution in [-0.2, 0) is 0 Å². The van der Waals surface area contributed by atoms with E-state index in [1.165, 1.54) is 18.5 Å². The number of piperidine rings is 1. The first kappa shape index (κ1) is 13.3. The summed E-state index contributed by atoms with van der Waals surface area (Å²) in [6.07, 6.45) is 2.51. The van der Waals surface area contributed by atoms with Gasteiger partial charge in [0, 0.05) is 31.4 Å². The van der Waals surface area contributed by atoms with E-state index in [2.05, 4.69) is 57.8 Å². The summed E-state index contributed by atoms with van der Waals surface area (Å²) >= 11 is 0. The van der Waals surface area contributed by atoms with E-state index < -0.39 is 0 Å². The van der Waals surface area contributed by atoms with Crippen LogP contribution < -0.4 is 15.5 Å². The first-order valence-electron chi connectivity index (χ1n) is 7.66. The van der Waals surface area contributed by atoms with Gasteiger partial charge in [0.15, 0.2) is 5.96 Å². The Morgan fingerprint density at radius 2 is 2.00 bits per heavy atom. The number of nitrogens with one attached hydrogen (secondary N) is 2. The molecule has 1 aromatic rings. The lowest BCUT2D eigenvalue weighted by Crippen LogP contribution is -2.42. The van der Waals surface area contributed by atoms with E-state index in [1.807, 2.05) is 0 Å². The Morgan fingerprint density at radius 1 is 1.25 bits per heavy atom. The molecule has 3 rings (SSSR count). The number of hydrogen-bond acceptors (Lipinski definition) is 4. The molecule has 0 aliphatic carbocycles. The average Bonchev–Trinajstić information content (AvgIpc) is 2.92. The fourth-order valence-electron chi connectivity index (χ4n) is 2.93. The molecule has 2 N–H and O–H groups in total. The summed E-state index contributed by atoms with van der Waals surface area (Å²) < 4.78 is 0. The molecule has 1 saturated heterocycles. The van der Waals surface area contributed by atoms with Crippen molar-refractivity contribution in [3.8, 4) is 0 Å². The zero-order valence-electron chi connectivity index (χ0n) is 12.2. The molecule has 1 unspecified atom stereocenters. The normalized spacial score (nSPS) is 23.4. The van der Waals surface area contributed by atoms with Gasteiger partial charge in [0.2, 0.25) is 0 Å². The molecular weight excluding hydrogens is 248 g/mol. The van der Waals surface area contributed by atoms with Gasteiger partial charge in [-0.05, 0) is 37.8 Å². The van der Waals surface area contributed by atoms with Crippen molar-refractivity contribution in [1.82, 2.24) is 10.6 Å². The van der Waals surface area contributed by atoms with Crippen molar-refractivity contribution in [3.05, 3.63) is 30.3 Å². The Labute approximate surface area is 121 Å². The number of nitrogens with zero attached hydrogens (tertiary/aromatic N) is 2. The van der Waals surface area contributed by atoms with Crippen LogP contribution in [0.2, 0.25) is 0 Å². The lowest BCUT2D eigenvalue weighted by Gasteiger charge is -2.33. The van der Waals surface area contributed by atoms with E-state index in [0.717, 1.165) is 38.1 Å². The molecule has 0 aromatic heterocycles. The van der Waals surface area contributed by atoms with Crippen LogP contribution in [-0.4, -0.2) is 38.2 Å². The molecule has 0 radical (unpaired) electrons. The molecule has 4 nitrogen and oxygen atoms in total. The topological polar surface area (TPSA) is 39.7 Å². The summed E-state index contributed by atoms with van der Waals surface area (Å²) in [6.45, 7) is 6.42. The summed E-state index contributed by atoms with van der Waals surface area (Å²) in [6, 6.07) is 11.2.